The number of carboxylic acid groups (broad SMARTS) is 1. The van der Waals surface area contributed by atoms with Crippen LogP contribution in [0.3, 0.4) is 0 Å². The van der Waals surface area contributed by atoms with Gasteiger partial charge in [0, 0.05) is 0 Å². The lowest BCUT2D eigenvalue weighted by Crippen LogP contribution is -2.16. The Morgan fingerprint density at radius 3 is 2.45 bits per heavy atom. The van der Waals surface area contributed by atoms with Crippen LogP contribution >= 0.6 is 0 Å². The number of carboxylic acids is 1. The van der Waals surface area contributed by atoms with Crippen LogP contribution in [0.1, 0.15) is 19.8 Å². The summed E-state index contributed by atoms with van der Waals surface area (Å²) in [6.07, 6.45) is 1.73. The van der Waals surface area contributed by atoms with Crippen LogP contribution < -0.4 is 0 Å². The molecule has 0 saturated carbocycles. The summed E-state index contributed by atoms with van der Waals surface area (Å²) in [5, 5.41) is 8.53. The molecule has 0 radical (unpaired) electrons. The van der Waals surface area contributed by atoms with Crippen molar-refractivity contribution in [3.63, 3.8) is 0 Å². The lowest BCUT2D eigenvalue weighted by atomic mass is 10.1. The summed E-state index contributed by atoms with van der Waals surface area (Å²) >= 11 is 0. The second-order valence-corrected chi connectivity index (χ2v) is 3.18. The molecule has 0 aromatic carbocycles. The van der Waals surface area contributed by atoms with Gasteiger partial charge in [0.2, 0.25) is 0 Å². The Balaban J connectivity index is 3.31. The number of nitrogens with zero attached hydrogens (tertiary/aromatic N) is 1. The number of hydrogen-bond acceptors (Lipinski definition) is 2. The third-order valence-corrected chi connectivity index (χ3v) is 1.66. The summed E-state index contributed by atoms with van der Waals surface area (Å²) in [4.78, 5) is 12.4. The topological polar surface area (TPSA) is 40.5 Å². The first-order valence-corrected chi connectivity index (χ1v) is 3.91. The van der Waals surface area contributed by atoms with Crippen LogP contribution in [-0.4, -0.2) is 36.6 Å². The Morgan fingerprint density at radius 1 is 1.55 bits per heavy atom. The first-order valence-electron chi connectivity index (χ1n) is 3.91. The molecule has 0 fully saturated rings. The predicted molar refractivity (Wildman–Crippen MR) is 44.6 cm³/mol. The van der Waals surface area contributed by atoms with Crippen molar-refractivity contribution >= 4 is 5.97 Å². The molecule has 0 unspecified atom stereocenters. The van der Waals surface area contributed by atoms with Gasteiger partial charge in [-0.3, -0.25) is 4.79 Å². The molecule has 11 heavy (non-hydrogen) atoms. The minimum atomic E-state index is -0.691. The fourth-order valence-corrected chi connectivity index (χ4v) is 0.837. The van der Waals surface area contributed by atoms with Crippen LogP contribution in [-0.2, 0) is 4.79 Å². The van der Waals surface area contributed by atoms with Gasteiger partial charge in [-0.05, 0) is 33.5 Å². The van der Waals surface area contributed by atoms with E-state index >= 15 is 0 Å². The van der Waals surface area contributed by atoms with Crippen molar-refractivity contribution < 1.29 is 9.90 Å². The smallest absolute Gasteiger partial charge is 0.306 e. The van der Waals surface area contributed by atoms with Crippen LogP contribution in [0.25, 0.3) is 0 Å². The van der Waals surface area contributed by atoms with Crippen LogP contribution in [0, 0.1) is 5.92 Å². The van der Waals surface area contributed by atoms with Crippen molar-refractivity contribution in [1.29, 1.82) is 0 Å². The fraction of sp³-hybridized carbons (Fsp3) is 0.875. The molecule has 0 aliphatic rings. The van der Waals surface area contributed by atoms with Crippen LogP contribution in [0.15, 0.2) is 0 Å². The largest absolute Gasteiger partial charge is 0.481 e. The number of rotatable bonds is 5. The van der Waals surface area contributed by atoms with Gasteiger partial charge in [-0.25, -0.2) is 0 Å². The van der Waals surface area contributed by atoms with E-state index in [1.807, 2.05) is 14.1 Å². The normalized spacial score (nSPS) is 13.5. The summed E-state index contributed by atoms with van der Waals surface area (Å²) in [6, 6.07) is 0. The van der Waals surface area contributed by atoms with Gasteiger partial charge in [-0.15, -0.1) is 0 Å². The lowest BCUT2D eigenvalue weighted by Gasteiger charge is -2.10. The standard InChI is InChI=1S/C8H17NO2/c1-7(8(10)11)5-4-6-9(2)3/h7H,4-6H2,1-3H3,(H,10,11)/t7-/m0/s1. The molecule has 66 valence electrons. The average Bonchev–Trinajstić information content (AvgIpc) is 1.86. The molecule has 3 heteroatoms. The Kier molecular flexibility index (Phi) is 4.86. The molecule has 0 aromatic rings. The molecule has 1 N–H and O–H groups in total. The molecule has 3 nitrogen and oxygen atoms in total. The first-order chi connectivity index (χ1) is 5.04. The zero-order valence-electron chi connectivity index (χ0n) is 7.50. The molecule has 0 heterocycles. The first kappa shape index (κ1) is 10.4. The molecule has 0 aliphatic heterocycles. The monoisotopic (exact) mass is 159 g/mol. The van der Waals surface area contributed by atoms with E-state index in [0.717, 1.165) is 19.4 Å². The molecule has 0 bridgehead atoms. The quantitative estimate of drug-likeness (QED) is 0.651. The van der Waals surface area contributed by atoms with Crippen LogP contribution in [0.2, 0.25) is 0 Å². The fourth-order valence-electron chi connectivity index (χ4n) is 0.837. The third kappa shape index (κ3) is 5.85. The van der Waals surface area contributed by atoms with Crippen LogP contribution in [0.5, 0.6) is 0 Å². The van der Waals surface area contributed by atoms with Gasteiger partial charge in [0.1, 0.15) is 0 Å². The third-order valence-electron chi connectivity index (χ3n) is 1.66. The van der Waals surface area contributed by atoms with E-state index in [4.69, 9.17) is 5.11 Å². The second kappa shape index (κ2) is 5.13. The zero-order chi connectivity index (χ0) is 8.85. The van der Waals surface area contributed by atoms with Crippen molar-refractivity contribution in [2.45, 2.75) is 19.8 Å². The Hall–Kier alpha value is -0.570. The maximum Gasteiger partial charge on any atom is 0.306 e. The van der Waals surface area contributed by atoms with Crippen molar-refractivity contribution in [3.8, 4) is 0 Å². The van der Waals surface area contributed by atoms with E-state index in [2.05, 4.69) is 4.90 Å². The summed E-state index contributed by atoms with van der Waals surface area (Å²) in [5.41, 5.74) is 0. The summed E-state index contributed by atoms with van der Waals surface area (Å²) in [5.74, 6) is -0.890. The minimum absolute atomic E-state index is 0.199. The van der Waals surface area contributed by atoms with Gasteiger partial charge in [0.15, 0.2) is 0 Å². The number of carbonyl (C=O) groups is 1. The number of aliphatic carboxylic acids is 1. The Bertz CT molecular complexity index is 123. The van der Waals surface area contributed by atoms with E-state index in [0.29, 0.717) is 0 Å². The highest BCUT2D eigenvalue weighted by molar-refractivity contribution is 5.69. The van der Waals surface area contributed by atoms with Gasteiger partial charge < -0.3 is 10.0 Å². The van der Waals surface area contributed by atoms with E-state index in [1.54, 1.807) is 6.92 Å². The second-order valence-electron chi connectivity index (χ2n) is 3.18. The molecule has 0 amide bonds. The molecule has 0 aliphatic carbocycles. The van der Waals surface area contributed by atoms with Crippen molar-refractivity contribution in [3.05, 3.63) is 0 Å². The average molecular weight is 159 g/mol. The van der Waals surface area contributed by atoms with E-state index in [9.17, 15) is 4.79 Å². The predicted octanol–water partition coefficient (Wildman–Crippen LogP) is 1.05. The van der Waals surface area contributed by atoms with E-state index in [1.165, 1.54) is 0 Å². The van der Waals surface area contributed by atoms with Gasteiger partial charge in [-0.2, -0.15) is 0 Å². The van der Waals surface area contributed by atoms with Gasteiger partial charge >= 0.3 is 5.97 Å². The minimum Gasteiger partial charge on any atom is -0.481 e. The number of hydrogen-bond donors (Lipinski definition) is 1. The lowest BCUT2D eigenvalue weighted by molar-refractivity contribution is -0.141. The molecular weight excluding hydrogens is 142 g/mol. The molecule has 0 spiro atoms. The maximum atomic E-state index is 10.4. The van der Waals surface area contributed by atoms with Gasteiger partial charge in [0.05, 0.1) is 5.92 Å². The molecule has 0 aromatic heterocycles. The zero-order valence-corrected chi connectivity index (χ0v) is 7.50. The Labute approximate surface area is 68.0 Å². The molecule has 1 atom stereocenters. The van der Waals surface area contributed by atoms with Crippen LogP contribution in [0.4, 0.5) is 0 Å². The van der Waals surface area contributed by atoms with E-state index in [-0.39, 0.29) is 5.92 Å². The highest BCUT2D eigenvalue weighted by Crippen LogP contribution is 2.04. The highest BCUT2D eigenvalue weighted by Gasteiger charge is 2.09. The van der Waals surface area contributed by atoms with E-state index < -0.39 is 5.97 Å². The van der Waals surface area contributed by atoms with Crippen molar-refractivity contribution in [2.24, 2.45) is 5.92 Å². The summed E-state index contributed by atoms with van der Waals surface area (Å²) in [6.45, 7) is 2.72. The summed E-state index contributed by atoms with van der Waals surface area (Å²) < 4.78 is 0. The molecule has 0 saturated heterocycles. The van der Waals surface area contributed by atoms with Crippen molar-refractivity contribution in [1.82, 2.24) is 4.90 Å². The maximum absolute atomic E-state index is 10.4. The SMILES string of the molecule is C[C@@H](CCCN(C)C)C(=O)O. The molecular formula is C8H17NO2. The highest BCUT2D eigenvalue weighted by atomic mass is 16.4. The molecule has 0 rings (SSSR count). The van der Waals surface area contributed by atoms with Gasteiger partial charge in [-0.1, -0.05) is 6.92 Å². The summed E-state index contributed by atoms with van der Waals surface area (Å²) in [7, 11) is 3.98. The van der Waals surface area contributed by atoms with Crippen molar-refractivity contribution in [2.75, 3.05) is 20.6 Å². The Morgan fingerprint density at radius 2 is 2.09 bits per heavy atom. The van der Waals surface area contributed by atoms with Gasteiger partial charge in [0.25, 0.3) is 0 Å².